The van der Waals surface area contributed by atoms with Crippen molar-refractivity contribution in [3.05, 3.63) is 95.8 Å². The summed E-state index contributed by atoms with van der Waals surface area (Å²) in [5.41, 5.74) is 5.46. The number of nitrogens with one attached hydrogen (secondary N) is 1. The maximum absolute atomic E-state index is 4.43. The standard InChI is InChI=1S/C26H34N2/c1-21-13-16-25(17-14-21)18-15-22(2)26-12-8-20-28(26)23(3)27-19-7-11-24-9-5-4-6-10-24/h4-6,9-10,13-14,16-17,26-27H,2-3,7-8,11-12,15,18-20H2,1H3. The smallest absolute Gasteiger partial charge is 0.0943 e. The molecule has 1 saturated heterocycles. The predicted molar refractivity (Wildman–Crippen MR) is 120 cm³/mol. The second-order valence-corrected chi connectivity index (χ2v) is 7.96. The maximum atomic E-state index is 4.43. The van der Waals surface area contributed by atoms with Crippen molar-refractivity contribution in [2.45, 2.75) is 51.5 Å². The van der Waals surface area contributed by atoms with E-state index in [9.17, 15) is 0 Å². The summed E-state index contributed by atoms with van der Waals surface area (Å²) in [6.45, 7) is 12.9. The van der Waals surface area contributed by atoms with E-state index >= 15 is 0 Å². The van der Waals surface area contributed by atoms with Crippen LogP contribution in [-0.4, -0.2) is 24.0 Å². The van der Waals surface area contributed by atoms with Crippen LogP contribution in [0, 0.1) is 6.92 Å². The number of hydrogen-bond donors (Lipinski definition) is 1. The molecule has 28 heavy (non-hydrogen) atoms. The van der Waals surface area contributed by atoms with Gasteiger partial charge in [0.25, 0.3) is 0 Å². The van der Waals surface area contributed by atoms with E-state index in [1.807, 2.05) is 0 Å². The normalized spacial score (nSPS) is 16.2. The first-order chi connectivity index (χ1) is 13.6. The van der Waals surface area contributed by atoms with Crippen molar-refractivity contribution < 1.29 is 0 Å². The van der Waals surface area contributed by atoms with Gasteiger partial charge in [0.1, 0.15) is 0 Å². The molecular weight excluding hydrogens is 340 g/mol. The summed E-state index contributed by atoms with van der Waals surface area (Å²) < 4.78 is 0. The van der Waals surface area contributed by atoms with Crippen molar-refractivity contribution in [3.63, 3.8) is 0 Å². The largest absolute Gasteiger partial charge is 0.372 e. The molecule has 0 aromatic heterocycles. The highest BCUT2D eigenvalue weighted by Crippen LogP contribution is 2.27. The molecule has 0 saturated carbocycles. The van der Waals surface area contributed by atoms with Crippen LogP contribution >= 0.6 is 0 Å². The first kappa shape index (κ1) is 20.3. The Balaban J connectivity index is 1.42. The van der Waals surface area contributed by atoms with E-state index in [4.69, 9.17) is 0 Å². The fourth-order valence-electron chi connectivity index (χ4n) is 4.01. The molecule has 1 heterocycles. The van der Waals surface area contributed by atoms with Crippen LogP contribution in [0.25, 0.3) is 0 Å². The van der Waals surface area contributed by atoms with Crippen molar-refractivity contribution in [2.75, 3.05) is 13.1 Å². The third kappa shape index (κ3) is 5.76. The molecule has 3 rings (SSSR count). The number of rotatable bonds is 10. The Hall–Kier alpha value is -2.48. The molecule has 2 aromatic carbocycles. The molecule has 2 heteroatoms. The van der Waals surface area contributed by atoms with Crippen molar-refractivity contribution in [2.24, 2.45) is 0 Å². The van der Waals surface area contributed by atoms with E-state index in [-0.39, 0.29) is 0 Å². The van der Waals surface area contributed by atoms with Gasteiger partial charge in [-0.25, -0.2) is 0 Å². The highest BCUT2D eigenvalue weighted by Gasteiger charge is 2.27. The molecule has 0 radical (unpaired) electrons. The lowest BCUT2D eigenvalue weighted by Crippen LogP contribution is -2.36. The van der Waals surface area contributed by atoms with Gasteiger partial charge in [-0.1, -0.05) is 78.9 Å². The van der Waals surface area contributed by atoms with Crippen LogP contribution < -0.4 is 5.32 Å². The Morgan fingerprint density at radius 2 is 1.71 bits per heavy atom. The third-order valence-corrected chi connectivity index (χ3v) is 5.74. The van der Waals surface area contributed by atoms with Gasteiger partial charge in [-0.2, -0.15) is 0 Å². The molecule has 1 aliphatic heterocycles. The lowest BCUT2D eigenvalue weighted by atomic mass is 9.98. The van der Waals surface area contributed by atoms with Crippen molar-refractivity contribution in [3.8, 4) is 0 Å². The van der Waals surface area contributed by atoms with Crippen LogP contribution in [0.1, 0.15) is 42.4 Å². The Labute approximate surface area is 171 Å². The zero-order chi connectivity index (χ0) is 19.8. The summed E-state index contributed by atoms with van der Waals surface area (Å²) in [5.74, 6) is 1.06. The second kappa shape index (κ2) is 10.2. The number of benzene rings is 2. The summed E-state index contributed by atoms with van der Waals surface area (Å²) in [4.78, 5) is 2.43. The summed E-state index contributed by atoms with van der Waals surface area (Å²) in [6, 6.07) is 20.0. The number of hydrogen-bond acceptors (Lipinski definition) is 2. The summed E-state index contributed by atoms with van der Waals surface area (Å²) in [6.07, 6.45) is 6.76. The number of aryl methyl sites for hydroxylation is 3. The fraction of sp³-hybridized carbons (Fsp3) is 0.385. The first-order valence-electron chi connectivity index (χ1n) is 10.6. The van der Waals surface area contributed by atoms with Crippen LogP contribution in [0.4, 0.5) is 0 Å². The van der Waals surface area contributed by atoms with E-state index in [2.05, 4.69) is 84.9 Å². The van der Waals surface area contributed by atoms with Gasteiger partial charge >= 0.3 is 0 Å². The first-order valence-corrected chi connectivity index (χ1v) is 10.6. The molecule has 1 atom stereocenters. The molecule has 0 amide bonds. The van der Waals surface area contributed by atoms with Gasteiger partial charge in [-0.3, -0.25) is 0 Å². The van der Waals surface area contributed by atoms with E-state index in [0.717, 1.165) is 44.6 Å². The van der Waals surface area contributed by atoms with Gasteiger partial charge in [0.2, 0.25) is 0 Å². The Morgan fingerprint density at radius 1 is 1.00 bits per heavy atom. The number of likely N-dealkylation sites (tertiary alicyclic amines) is 1. The second-order valence-electron chi connectivity index (χ2n) is 7.96. The lowest BCUT2D eigenvalue weighted by Gasteiger charge is -2.30. The topological polar surface area (TPSA) is 15.3 Å². The van der Waals surface area contributed by atoms with Crippen LogP contribution in [0.3, 0.4) is 0 Å². The lowest BCUT2D eigenvalue weighted by molar-refractivity contribution is 0.324. The fourth-order valence-corrected chi connectivity index (χ4v) is 4.01. The minimum Gasteiger partial charge on any atom is -0.372 e. The molecule has 148 valence electrons. The molecule has 0 aliphatic carbocycles. The highest BCUT2D eigenvalue weighted by atomic mass is 15.3. The van der Waals surface area contributed by atoms with E-state index in [1.165, 1.54) is 35.1 Å². The quantitative estimate of drug-likeness (QED) is 0.427. The van der Waals surface area contributed by atoms with E-state index in [1.54, 1.807) is 0 Å². The zero-order valence-corrected chi connectivity index (χ0v) is 17.3. The molecule has 2 aromatic rings. The van der Waals surface area contributed by atoms with Crippen molar-refractivity contribution in [1.29, 1.82) is 0 Å². The van der Waals surface area contributed by atoms with Crippen molar-refractivity contribution in [1.82, 2.24) is 10.2 Å². The molecule has 2 nitrogen and oxygen atoms in total. The van der Waals surface area contributed by atoms with Gasteiger partial charge in [0, 0.05) is 13.1 Å². The Morgan fingerprint density at radius 3 is 2.46 bits per heavy atom. The highest BCUT2D eigenvalue weighted by molar-refractivity contribution is 5.23. The molecule has 1 aliphatic rings. The monoisotopic (exact) mass is 374 g/mol. The molecule has 0 spiro atoms. The average Bonchev–Trinajstić information content (AvgIpc) is 3.21. The van der Waals surface area contributed by atoms with E-state index in [0.29, 0.717) is 6.04 Å². The van der Waals surface area contributed by atoms with Crippen molar-refractivity contribution >= 4 is 0 Å². The van der Waals surface area contributed by atoms with Crippen LogP contribution in [0.2, 0.25) is 0 Å². The molecule has 0 bridgehead atoms. The summed E-state index contributed by atoms with van der Waals surface area (Å²) in [5, 5.41) is 3.55. The van der Waals surface area contributed by atoms with Gasteiger partial charge in [-0.05, 0) is 56.6 Å². The minimum atomic E-state index is 0.430. The Kier molecular flexibility index (Phi) is 7.36. The van der Waals surface area contributed by atoms with Gasteiger partial charge in [0.05, 0.1) is 11.9 Å². The van der Waals surface area contributed by atoms with Gasteiger partial charge in [0.15, 0.2) is 0 Å². The molecule has 1 N–H and O–H groups in total. The number of nitrogens with zero attached hydrogens (tertiary/aromatic N) is 1. The molecular formula is C26H34N2. The molecule has 1 fully saturated rings. The zero-order valence-electron chi connectivity index (χ0n) is 17.3. The van der Waals surface area contributed by atoms with Gasteiger partial charge < -0.3 is 10.2 Å². The summed E-state index contributed by atoms with van der Waals surface area (Å²) in [7, 11) is 0. The van der Waals surface area contributed by atoms with E-state index < -0.39 is 0 Å². The van der Waals surface area contributed by atoms with Crippen LogP contribution in [-0.2, 0) is 12.8 Å². The molecule has 1 unspecified atom stereocenters. The van der Waals surface area contributed by atoms with Crippen LogP contribution in [0.15, 0.2) is 79.1 Å². The SMILES string of the molecule is C=C(CCc1ccc(C)cc1)C1CCCN1C(=C)NCCCc1ccccc1. The average molecular weight is 375 g/mol. The Bertz CT molecular complexity index is 761. The third-order valence-electron chi connectivity index (χ3n) is 5.74. The van der Waals surface area contributed by atoms with Gasteiger partial charge in [-0.15, -0.1) is 0 Å². The predicted octanol–water partition coefficient (Wildman–Crippen LogP) is 5.64. The van der Waals surface area contributed by atoms with Crippen LogP contribution in [0.5, 0.6) is 0 Å². The summed E-state index contributed by atoms with van der Waals surface area (Å²) >= 11 is 0. The minimum absolute atomic E-state index is 0.430. The maximum Gasteiger partial charge on any atom is 0.0943 e.